The van der Waals surface area contributed by atoms with Crippen molar-refractivity contribution in [2.75, 3.05) is 36.5 Å². The molecule has 1 atom stereocenters. The van der Waals surface area contributed by atoms with E-state index >= 15 is 0 Å². The van der Waals surface area contributed by atoms with Crippen molar-refractivity contribution in [3.63, 3.8) is 0 Å². The molecule has 2 heterocycles. The van der Waals surface area contributed by atoms with Crippen LogP contribution >= 0.6 is 0 Å². The van der Waals surface area contributed by atoms with Gasteiger partial charge in [0.05, 0.1) is 25.3 Å². The van der Waals surface area contributed by atoms with Gasteiger partial charge in [-0.1, -0.05) is 0 Å². The van der Waals surface area contributed by atoms with E-state index in [0.29, 0.717) is 4.90 Å². The van der Waals surface area contributed by atoms with Gasteiger partial charge in [-0.3, -0.25) is 9.80 Å². The Labute approximate surface area is 180 Å². The number of aliphatic hydroxyl groups is 1. The molecule has 2 aliphatic heterocycles. The van der Waals surface area contributed by atoms with Gasteiger partial charge in [-0.05, 0) is 20.8 Å². The van der Waals surface area contributed by atoms with Gasteiger partial charge in [0.2, 0.25) is 0 Å². The van der Waals surface area contributed by atoms with E-state index in [4.69, 9.17) is 9.47 Å². The molecule has 2 fully saturated rings. The van der Waals surface area contributed by atoms with Crippen molar-refractivity contribution in [2.45, 2.75) is 44.4 Å². The van der Waals surface area contributed by atoms with Gasteiger partial charge in [0.1, 0.15) is 11.3 Å². The fourth-order valence-corrected chi connectivity index (χ4v) is 3.24. The molecular weight excluding hydrogens is 445 g/mol. The van der Waals surface area contributed by atoms with Crippen molar-refractivity contribution in [1.82, 2.24) is 4.90 Å². The lowest BCUT2D eigenvalue weighted by atomic mass is 9.92. The molecule has 2 amide bonds. The van der Waals surface area contributed by atoms with Crippen molar-refractivity contribution < 1.29 is 46.1 Å². The van der Waals surface area contributed by atoms with Crippen LogP contribution in [0.3, 0.4) is 0 Å². The Bertz CT molecular complexity index is 904. The van der Waals surface area contributed by atoms with Crippen molar-refractivity contribution in [1.29, 1.82) is 0 Å². The summed E-state index contributed by atoms with van der Waals surface area (Å²) in [5.41, 5.74) is -4.86. The van der Waals surface area contributed by atoms with Crippen LogP contribution < -0.4 is 9.80 Å². The Morgan fingerprint density at radius 3 is 2.22 bits per heavy atom. The van der Waals surface area contributed by atoms with Gasteiger partial charge in [-0.25, -0.2) is 18.4 Å². The first kappa shape index (κ1) is 23.8. The molecule has 178 valence electrons. The van der Waals surface area contributed by atoms with E-state index in [1.165, 1.54) is 7.05 Å². The second-order valence-corrected chi connectivity index (χ2v) is 8.68. The van der Waals surface area contributed by atoms with E-state index in [-0.39, 0.29) is 12.2 Å². The first-order chi connectivity index (χ1) is 14.5. The molecule has 0 unspecified atom stereocenters. The normalized spacial score (nSPS) is 20.7. The highest BCUT2D eigenvalue weighted by molar-refractivity contribution is 5.90. The first-order valence-electron chi connectivity index (χ1n) is 9.49. The summed E-state index contributed by atoms with van der Waals surface area (Å²) in [6.45, 7) is 2.62. The molecule has 0 aromatic heterocycles. The number of nitrogens with zero attached hydrogens (tertiary/aromatic N) is 3. The topological polar surface area (TPSA) is 82.5 Å². The van der Waals surface area contributed by atoms with Gasteiger partial charge in [0.25, 0.3) is 0 Å². The monoisotopic (exact) mass is 467 g/mol. The molecule has 2 saturated heterocycles. The van der Waals surface area contributed by atoms with E-state index in [9.17, 15) is 36.6 Å². The van der Waals surface area contributed by atoms with Crippen LogP contribution in [0.5, 0.6) is 0 Å². The lowest BCUT2D eigenvalue weighted by Crippen LogP contribution is -2.69. The molecular formula is C19H22F5N3O5. The highest BCUT2D eigenvalue weighted by atomic mass is 19.4. The lowest BCUT2D eigenvalue weighted by Gasteiger charge is -2.48. The number of hydrogen-bond acceptors (Lipinski definition) is 6. The summed E-state index contributed by atoms with van der Waals surface area (Å²) in [6, 6.07) is 1.53. The van der Waals surface area contributed by atoms with Gasteiger partial charge < -0.3 is 19.5 Å². The highest BCUT2D eigenvalue weighted by Gasteiger charge is 2.61. The van der Waals surface area contributed by atoms with Gasteiger partial charge in [-0.15, -0.1) is 0 Å². The van der Waals surface area contributed by atoms with Crippen molar-refractivity contribution in [2.24, 2.45) is 0 Å². The molecule has 13 heteroatoms. The molecule has 0 saturated carbocycles. The summed E-state index contributed by atoms with van der Waals surface area (Å²) in [6.07, 6.45) is -7.79. The molecule has 2 aliphatic rings. The van der Waals surface area contributed by atoms with E-state index < -0.39 is 66.2 Å². The molecule has 0 spiro atoms. The summed E-state index contributed by atoms with van der Waals surface area (Å²) in [5, 5.41) is 9.50. The molecule has 1 aromatic rings. The predicted molar refractivity (Wildman–Crippen MR) is 101 cm³/mol. The number of rotatable bonds is 3. The van der Waals surface area contributed by atoms with Gasteiger partial charge in [0.15, 0.2) is 23.5 Å². The zero-order chi connectivity index (χ0) is 24.2. The molecule has 0 bridgehead atoms. The fraction of sp³-hybridized carbons (Fsp3) is 0.579. The zero-order valence-electron chi connectivity index (χ0n) is 17.7. The van der Waals surface area contributed by atoms with Crippen LogP contribution in [0.1, 0.15) is 20.8 Å². The third-order valence-corrected chi connectivity index (χ3v) is 4.97. The number of anilines is 2. The number of cyclic esters (lactones) is 1. The van der Waals surface area contributed by atoms with Crippen LogP contribution in [0, 0.1) is 11.6 Å². The SMILES string of the molecule is CN(C(=O)OC(C)(C)C)[C@@H]1CN(c2cc(F)c(N3CC(O)(C(F)(F)F)C3)c(F)c2)C(=O)O1. The lowest BCUT2D eigenvalue weighted by molar-refractivity contribution is -0.267. The number of ether oxygens (including phenoxy) is 2. The van der Waals surface area contributed by atoms with Crippen LogP contribution in [-0.2, 0) is 9.47 Å². The number of carbonyl (C=O) groups excluding carboxylic acids is 2. The number of likely N-dealkylation sites (N-methyl/N-ethyl adjacent to an activating group) is 1. The molecule has 0 radical (unpaired) electrons. The predicted octanol–water partition coefficient (Wildman–Crippen LogP) is 3.23. The molecule has 3 rings (SSSR count). The van der Waals surface area contributed by atoms with Gasteiger partial charge >= 0.3 is 18.4 Å². The maximum atomic E-state index is 14.6. The number of β-amino-alcohol motifs (C(OH)–C–C–N with tert-alkyl or cyclic N) is 1. The van der Waals surface area contributed by atoms with Crippen molar-refractivity contribution >= 4 is 23.6 Å². The Morgan fingerprint density at radius 2 is 1.75 bits per heavy atom. The van der Waals surface area contributed by atoms with Gasteiger partial charge in [-0.2, -0.15) is 13.2 Å². The smallest absolute Gasteiger partial charge is 0.420 e. The zero-order valence-corrected chi connectivity index (χ0v) is 17.7. The Morgan fingerprint density at radius 1 is 1.22 bits per heavy atom. The maximum absolute atomic E-state index is 14.6. The Kier molecular flexibility index (Phi) is 5.69. The molecule has 0 aliphatic carbocycles. The van der Waals surface area contributed by atoms with Crippen LogP contribution in [0.2, 0.25) is 0 Å². The largest absolute Gasteiger partial charge is 0.444 e. The summed E-state index contributed by atoms with van der Waals surface area (Å²) >= 11 is 0. The average Bonchev–Trinajstić information content (AvgIpc) is 2.97. The minimum Gasteiger partial charge on any atom is -0.444 e. The van der Waals surface area contributed by atoms with Crippen LogP contribution in [0.4, 0.5) is 42.9 Å². The summed E-state index contributed by atoms with van der Waals surface area (Å²) in [4.78, 5) is 27.0. The minimum atomic E-state index is -4.94. The van der Waals surface area contributed by atoms with Crippen LogP contribution in [0.25, 0.3) is 0 Å². The standard InChI is InChI=1S/C19H22F5N3O5/c1-17(2,3)32-15(28)25(4)13-7-27(16(29)31-13)10-5-11(20)14(12(21)6-10)26-8-18(30,9-26)19(22,23)24/h5-6,13,30H,7-9H2,1-4H3/t13-/m0/s1. The van der Waals surface area contributed by atoms with Crippen molar-refractivity contribution in [3.8, 4) is 0 Å². The van der Waals surface area contributed by atoms with E-state index in [0.717, 1.165) is 21.9 Å². The quantitative estimate of drug-likeness (QED) is 0.688. The number of halogens is 5. The number of amides is 2. The van der Waals surface area contributed by atoms with Crippen molar-refractivity contribution in [3.05, 3.63) is 23.8 Å². The first-order valence-corrected chi connectivity index (χ1v) is 9.49. The number of hydrogen-bond donors (Lipinski definition) is 1. The van der Waals surface area contributed by atoms with Crippen LogP contribution in [0.15, 0.2) is 12.1 Å². The fourth-order valence-electron chi connectivity index (χ4n) is 3.24. The molecule has 1 aromatic carbocycles. The van der Waals surface area contributed by atoms with Crippen LogP contribution in [-0.4, -0.2) is 72.5 Å². The second kappa shape index (κ2) is 7.64. The summed E-state index contributed by atoms with van der Waals surface area (Å²) in [7, 11) is 1.32. The maximum Gasteiger partial charge on any atom is 0.420 e. The number of carbonyl (C=O) groups is 2. The highest BCUT2D eigenvalue weighted by Crippen LogP contribution is 2.42. The van der Waals surface area contributed by atoms with E-state index in [1.54, 1.807) is 20.8 Å². The summed E-state index contributed by atoms with van der Waals surface area (Å²) in [5.74, 6) is -2.44. The Hall–Kier alpha value is -2.83. The van der Waals surface area contributed by atoms with Gasteiger partial charge in [0, 0.05) is 19.2 Å². The molecule has 32 heavy (non-hydrogen) atoms. The average molecular weight is 467 g/mol. The second-order valence-electron chi connectivity index (χ2n) is 8.68. The van der Waals surface area contributed by atoms with E-state index in [2.05, 4.69) is 0 Å². The summed E-state index contributed by atoms with van der Waals surface area (Å²) < 4.78 is 77.7. The Balaban J connectivity index is 1.74. The minimum absolute atomic E-state index is 0.250. The third kappa shape index (κ3) is 4.38. The molecule has 8 nitrogen and oxygen atoms in total. The molecule has 1 N–H and O–H groups in total. The third-order valence-electron chi connectivity index (χ3n) is 4.97. The van der Waals surface area contributed by atoms with E-state index in [1.807, 2.05) is 0 Å². The number of benzene rings is 1. The number of alkyl halides is 3.